The molecule has 0 unspecified atom stereocenters. The molecule has 0 saturated carbocycles. The fourth-order valence-electron chi connectivity index (χ4n) is 2.84. The van der Waals surface area contributed by atoms with Gasteiger partial charge in [-0.25, -0.2) is 9.67 Å². The number of thioether (sulfide) groups is 1. The number of nitrogens with one attached hydrogen (secondary N) is 2. The second kappa shape index (κ2) is 8.87. The van der Waals surface area contributed by atoms with Gasteiger partial charge in [-0.2, -0.15) is 5.10 Å². The molecule has 3 heterocycles. The van der Waals surface area contributed by atoms with Crippen LogP contribution in [0.1, 0.15) is 41.6 Å². The highest BCUT2D eigenvalue weighted by atomic mass is 32.2. The molecule has 0 saturated heterocycles. The molecule has 0 radical (unpaired) electrons. The fraction of sp³-hybridized carbons (Fsp3) is 0.444. The summed E-state index contributed by atoms with van der Waals surface area (Å²) in [6.07, 6.45) is 0.814. The molecule has 3 aromatic heterocycles. The van der Waals surface area contributed by atoms with Crippen LogP contribution in [0.2, 0.25) is 0 Å². The van der Waals surface area contributed by atoms with E-state index in [4.69, 9.17) is 0 Å². The molecule has 9 nitrogen and oxygen atoms in total. The normalized spacial score (nSPS) is 11.1. The van der Waals surface area contributed by atoms with Crippen LogP contribution >= 0.6 is 23.1 Å². The summed E-state index contributed by atoms with van der Waals surface area (Å²) in [5.74, 6) is 1.16. The maximum Gasteiger partial charge on any atom is 0.255 e. The van der Waals surface area contributed by atoms with E-state index in [0.29, 0.717) is 35.2 Å². The molecule has 0 aliphatic heterocycles. The molecule has 3 rings (SSSR count). The van der Waals surface area contributed by atoms with E-state index in [-0.39, 0.29) is 11.5 Å². The number of aromatic amines is 1. The van der Waals surface area contributed by atoms with E-state index in [1.54, 1.807) is 30.3 Å². The summed E-state index contributed by atoms with van der Waals surface area (Å²) in [5.41, 5.74) is 3.67. The van der Waals surface area contributed by atoms with Gasteiger partial charge in [-0.3, -0.25) is 14.6 Å². The summed E-state index contributed by atoms with van der Waals surface area (Å²) in [7, 11) is 0. The first-order chi connectivity index (χ1) is 13.8. The van der Waals surface area contributed by atoms with Gasteiger partial charge in [0.2, 0.25) is 17.0 Å². The Morgan fingerprint density at radius 2 is 1.97 bits per heavy atom. The molecular formula is C18H23N7O2S2. The lowest BCUT2D eigenvalue weighted by Gasteiger charge is -2.07. The quantitative estimate of drug-likeness (QED) is 0.434. The Hall–Kier alpha value is -2.53. The smallest absolute Gasteiger partial charge is 0.255 e. The molecule has 1 amide bonds. The zero-order chi connectivity index (χ0) is 21.1. The van der Waals surface area contributed by atoms with Gasteiger partial charge in [0, 0.05) is 23.4 Å². The number of H-pyrrole nitrogens is 1. The van der Waals surface area contributed by atoms with Crippen molar-refractivity contribution in [3.63, 3.8) is 0 Å². The summed E-state index contributed by atoms with van der Waals surface area (Å²) >= 11 is 2.96. The van der Waals surface area contributed by atoms with Crippen molar-refractivity contribution in [2.24, 2.45) is 0 Å². The number of aromatic nitrogens is 6. The number of rotatable bonds is 7. The molecule has 11 heteroatoms. The fourth-order valence-corrected chi connectivity index (χ4v) is 4.50. The Kier molecular flexibility index (Phi) is 6.48. The molecule has 0 spiro atoms. The van der Waals surface area contributed by atoms with Crippen LogP contribution in [0.4, 0.5) is 5.13 Å². The van der Waals surface area contributed by atoms with Gasteiger partial charge in [0.25, 0.3) is 5.56 Å². The van der Waals surface area contributed by atoms with Crippen LogP contribution in [0.5, 0.6) is 0 Å². The minimum absolute atomic E-state index is 0.126. The highest BCUT2D eigenvalue weighted by molar-refractivity contribution is 8.01. The maximum absolute atomic E-state index is 12.3. The van der Waals surface area contributed by atoms with Gasteiger partial charge >= 0.3 is 0 Å². The molecule has 0 aliphatic rings. The van der Waals surface area contributed by atoms with E-state index in [1.807, 2.05) is 20.8 Å². The van der Waals surface area contributed by atoms with Gasteiger partial charge in [-0.1, -0.05) is 30.0 Å². The molecule has 2 N–H and O–H groups in total. The second-order valence-corrected chi connectivity index (χ2v) is 9.00. The van der Waals surface area contributed by atoms with Crippen LogP contribution in [0.15, 0.2) is 9.13 Å². The van der Waals surface area contributed by atoms with Gasteiger partial charge in [0.05, 0.1) is 5.69 Å². The van der Waals surface area contributed by atoms with E-state index in [9.17, 15) is 9.59 Å². The summed E-state index contributed by atoms with van der Waals surface area (Å²) in [6.45, 7) is 9.36. The number of nitrogens with zero attached hydrogens (tertiary/aromatic N) is 5. The van der Waals surface area contributed by atoms with Crippen molar-refractivity contribution in [2.75, 3.05) is 11.1 Å². The molecule has 0 aromatic carbocycles. The minimum atomic E-state index is -0.182. The summed E-state index contributed by atoms with van der Waals surface area (Å²) in [5, 5.41) is 15.8. The molecule has 0 bridgehead atoms. The van der Waals surface area contributed by atoms with Crippen LogP contribution in [0.3, 0.4) is 0 Å². The van der Waals surface area contributed by atoms with E-state index in [1.165, 1.54) is 11.3 Å². The van der Waals surface area contributed by atoms with E-state index < -0.39 is 0 Å². The number of aryl methyl sites for hydroxylation is 2. The minimum Gasteiger partial charge on any atom is -0.300 e. The number of hydrogen-bond donors (Lipinski definition) is 2. The lowest BCUT2D eigenvalue weighted by atomic mass is 10.1. The van der Waals surface area contributed by atoms with Crippen molar-refractivity contribution < 1.29 is 4.79 Å². The Labute approximate surface area is 176 Å². The second-order valence-electron chi connectivity index (χ2n) is 6.52. The molecule has 0 fully saturated rings. The molecule has 3 aromatic rings. The summed E-state index contributed by atoms with van der Waals surface area (Å²) in [6, 6.07) is 0. The highest BCUT2D eigenvalue weighted by Gasteiger charge is 2.17. The van der Waals surface area contributed by atoms with Crippen molar-refractivity contribution in [1.29, 1.82) is 0 Å². The van der Waals surface area contributed by atoms with Crippen LogP contribution in [-0.2, 0) is 11.2 Å². The van der Waals surface area contributed by atoms with Crippen LogP contribution in [-0.4, -0.2) is 41.6 Å². The largest absolute Gasteiger partial charge is 0.300 e. The van der Waals surface area contributed by atoms with E-state index >= 15 is 0 Å². The van der Waals surface area contributed by atoms with Crippen molar-refractivity contribution >= 4 is 34.1 Å². The van der Waals surface area contributed by atoms with Gasteiger partial charge in [-0.05, 0) is 45.4 Å². The van der Waals surface area contributed by atoms with Gasteiger partial charge in [-0.15, -0.1) is 10.2 Å². The standard InChI is InChI=1S/C18H23N7O2S2/c1-6-28-18-23-22-17(29-18)20-14(26)8-7-13-11(4)24-25(12(13)5)16-19-10(3)9(2)15(27)21-16/h6-8H2,1-5H3,(H,19,21,27)(H,20,22,26). The first kappa shape index (κ1) is 21.2. The third-order valence-electron chi connectivity index (χ3n) is 4.55. The number of amides is 1. The highest BCUT2D eigenvalue weighted by Crippen LogP contribution is 2.25. The molecule has 0 aliphatic carbocycles. The van der Waals surface area contributed by atoms with Gasteiger partial charge in [0.15, 0.2) is 4.34 Å². The third-order valence-corrected chi connectivity index (χ3v) is 6.40. The molecular weight excluding hydrogens is 410 g/mol. The van der Waals surface area contributed by atoms with Crippen LogP contribution in [0.25, 0.3) is 5.95 Å². The zero-order valence-corrected chi connectivity index (χ0v) is 18.6. The summed E-state index contributed by atoms with van der Waals surface area (Å²) < 4.78 is 2.46. The Balaban J connectivity index is 1.72. The van der Waals surface area contributed by atoms with Crippen LogP contribution in [0, 0.1) is 27.7 Å². The lowest BCUT2D eigenvalue weighted by Crippen LogP contribution is -2.18. The average Bonchev–Trinajstić information content (AvgIpc) is 3.22. The molecule has 0 atom stereocenters. The predicted molar refractivity (Wildman–Crippen MR) is 114 cm³/mol. The zero-order valence-electron chi connectivity index (χ0n) is 17.0. The monoisotopic (exact) mass is 433 g/mol. The predicted octanol–water partition coefficient (Wildman–Crippen LogP) is 2.72. The Morgan fingerprint density at radius 3 is 2.66 bits per heavy atom. The number of carbonyl (C=O) groups is 1. The Bertz CT molecular complexity index is 1100. The number of hydrogen-bond acceptors (Lipinski definition) is 8. The lowest BCUT2D eigenvalue weighted by molar-refractivity contribution is -0.116. The van der Waals surface area contributed by atoms with Crippen LogP contribution < -0.4 is 10.9 Å². The van der Waals surface area contributed by atoms with Crippen molar-refractivity contribution in [2.45, 2.75) is 51.8 Å². The third kappa shape index (κ3) is 4.73. The van der Waals surface area contributed by atoms with Gasteiger partial charge in [0.1, 0.15) is 0 Å². The first-order valence-electron chi connectivity index (χ1n) is 9.19. The van der Waals surface area contributed by atoms with Crippen molar-refractivity contribution in [3.05, 3.63) is 38.6 Å². The average molecular weight is 434 g/mol. The number of carbonyl (C=O) groups excluding carboxylic acids is 1. The molecule has 154 valence electrons. The van der Waals surface area contributed by atoms with Crippen molar-refractivity contribution in [1.82, 2.24) is 29.9 Å². The van der Waals surface area contributed by atoms with E-state index in [2.05, 4.69) is 30.6 Å². The van der Waals surface area contributed by atoms with Gasteiger partial charge < -0.3 is 5.32 Å². The van der Waals surface area contributed by atoms with E-state index in [0.717, 1.165) is 27.0 Å². The summed E-state index contributed by atoms with van der Waals surface area (Å²) in [4.78, 5) is 31.6. The molecule has 29 heavy (non-hydrogen) atoms. The van der Waals surface area contributed by atoms with Crippen molar-refractivity contribution in [3.8, 4) is 5.95 Å². The topological polar surface area (TPSA) is 118 Å². The first-order valence-corrected chi connectivity index (χ1v) is 11.0. The number of anilines is 1. The maximum atomic E-state index is 12.3. The Morgan fingerprint density at radius 1 is 1.21 bits per heavy atom. The SMILES string of the molecule is CCSc1nnc(NC(=O)CCc2c(C)nn(-c3nc(C)c(C)c(=O)[nH]3)c2C)s1.